The van der Waals surface area contributed by atoms with Gasteiger partial charge in [-0.3, -0.25) is 0 Å². The SMILES string of the molecule is CSC(N)CCCCCCC(N)SC. The van der Waals surface area contributed by atoms with Crippen molar-refractivity contribution < 1.29 is 0 Å². The summed E-state index contributed by atoms with van der Waals surface area (Å²) >= 11 is 3.50. The minimum absolute atomic E-state index is 0.337. The molecule has 0 aliphatic heterocycles. The topological polar surface area (TPSA) is 52.0 Å². The van der Waals surface area contributed by atoms with Crippen molar-refractivity contribution >= 4 is 23.5 Å². The third kappa shape index (κ3) is 9.19. The molecule has 14 heavy (non-hydrogen) atoms. The third-order valence-electron chi connectivity index (χ3n) is 2.33. The van der Waals surface area contributed by atoms with E-state index in [0.29, 0.717) is 10.7 Å². The maximum Gasteiger partial charge on any atom is 0.0504 e. The Morgan fingerprint density at radius 2 is 1.14 bits per heavy atom. The van der Waals surface area contributed by atoms with Crippen molar-refractivity contribution in [3.63, 3.8) is 0 Å². The Hall–Kier alpha value is 0.620. The molecule has 0 rings (SSSR count). The third-order valence-corrected chi connectivity index (χ3v) is 4.02. The molecule has 2 nitrogen and oxygen atoms in total. The highest BCUT2D eigenvalue weighted by molar-refractivity contribution is 7.99. The van der Waals surface area contributed by atoms with Crippen LogP contribution in [0.5, 0.6) is 0 Å². The van der Waals surface area contributed by atoms with Crippen molar-refractivity contribution in [3.8, 4) is 0 Å². The van der Waals surface area contributed by atoms with Crippen molar-refractivity contribution in [1.29, 1.82) is 0 Å². The Morgan fingerprint density at radius 1 is 0.786 bits per heavy atom. The molecule has 0 spiro atoms. The van der Waals surface area contributed by atoms with Crippen LogP contribution in [0.15, 0.2) is 0 Å². The van der Waals surface area contributed by atoms with E-state index in [0.717, 1.165) is 12.8 Å². The Morgan fingerprint density at radius 3 is 1.43 bits per heavy atom. The van der Waals surface area contributed by atoms with Gasteiger partial charge in [0.25, 0.3) is 0 Å². The molecular weight excluding hydrogens is 212 g/mol. The van der Waals surface area contributed by atoms with Gasteiger partial charge in [0.1, 0.15) is 0 Å². The first-order valence-electron chi connectivity index (χ1n) is 5.27. The van der Waals surface area contributed by atoms with Gasteiger partial charge in [-0.05, 0) is 25.4 Å². The number of unbranched alkanes of at least 4 members (excludes halogenated alkanes) is 3. The van der Waals surface area contributed by atoms with Gasteiger partial charge in [0.15, 0.2) is 0 Å². The van der Waals surface area contributed by atoms with E-state index in [1.807, 2.05) is 0 Å². The zero-order chi connectivity index (χ0) is 10.8. The molecule has 0 heterocycles. The van der Waals surface area contributed by atoms with Crippen molar-refractivity contribution in [2.24, 2.45) is 11.5 Å². The largest absolute Gasteiger partial charge is 0.319 e. The Labute approximate surface area is 96.9 Å². The lowest BCUT2D eigenvalue weighted by Gasteiger charge is -2.09. The molecule has 2 unspecified atom stereocenters. The molecule has 0 aromatic rings. The minimum atomic E-state index is 0.337. The van der Waals surface area contributed by atoms with Crippen LogP contribution in [-0.2, 0) is 0 Å². The summed E-state index contributed by atoms with van der Waals surface area (Å²) in [6, 6.07) is 0. The first kappa shape index (κ1) is 14.6. The van der Waals surface area contributed by atoms with Crippen molar-refractivity contribution in [1.82, 2.24) is 0 Å². The normalized spacial score (nSPS) is 15.4. The predicted molar refractivity (Wildman–Crippen MR) is 70.7 cm³/mol. The maximum atomic E-state index is 5.80. The van der Waals surface area contributed by atoms with E-state index in [4.69, 9.17) is 11.5 Å². The van der Waals surface area contributed by atoms with Crippen LogP contribution in [0.2, 0.25) is 0 Å². The lowest BCUT2D eigenvalue weighted by atomic mass is 10.1. The summed E-state index contributed by atoms with van der Waals surface area (Å²) in [7, 11) is 0. The molecule has 0 saturated heterocycles. The van der Waals surface area contributed by atoms with Crippen molar-refractivity contribution in [3.05, 3.63) is 0 Å². The first-order valence-corrected chi connectivity index (χ1v) is 7.85. The van der Waals surface area contributed by atoms with E-state index < -0.39 is 0 Å². The molecule has 0 aromatic heterocycles. The van der Waals surface area contributed by atoms with E-state index in [2.05, 4.69) is 12.5 Å². The van der Waals surface area contributed by atoms with E-state index in [-0.39, 0.29) is 0 Å². The molecular formula is C10H24N2S2. The highest BCUT2D eigenvalue weighted by Gasteiger charge is 2.00. The summed E-state index contributed by atoms with van der Waals surface area (Å²) in [6.45, 7) is 0. The number of hydrogen-bond donors (Lipinski definition) is 2. The number of hydrogen-bond acceptors (Lipinski definition) is 4. The molecule has 0 aliphatic carbocycles. The summed E-state index contributed by atoms with van der Waals surface area (Å²) in [5.74, 6) is 0. The van der Waals surface area contributed by atoms with Gasteiger partial charge in [-0.25, -0.2) is 0 Å². The molecule has 0 aromatic carbocycles. The summed E-state index contributed by atoms with van der Waals surface area (Å²) in [6.07, 6.45) is 11.6. The Balaban J connectivity index is 3.06. The van der Waals surface area contributed by atoms with E-state index in [1.54, 1.807) is 23.5 Å². The standard InChI is InChI=1S/C10H24N2S2/c1-13-9(11)7-5-3-4-6-8-10(12)14-2/h9-10H,3-8,11-12H2,1-2H3. The quantitative estimate of drug-likeness (QED) is 0.477. The highest BCUT2D eigenvalue weighted by Crippen LogP contribution is 2.14. The second kappa shape index (κ2) is 10.1. The number of thioether (sulfide) groups is 2. The molecule has 0 saturated carbocycles. The zero-order valence-electron chi connectivity index (χ0n) is 9.37. The average molecular weight is 236 g/mol. The fourth-order valence-corrected chi connectivity index (χ4v) is 2.09. The van der Waals surface area contributed by atoms with Crippen LogP contribution in [0.3, 0.4) is 0 Å². The van der Waals surface area contributed by atoms with Gasteiger partial charge >= 0.3 is 0 Å². The fraction of sp³-hybridized carbons (Fsp3) is 1.00. The second-order valence-electron chi connectivity index (χ2n) is 3.54. The molecule has 0 radical (unpaired) electrons. The molecule has 0 bridgehead atoms. The predicted octanol–water partition coefficient (Wildman–Crippen LogP) is 2.62. The van der Waals surface area contributed by atoms with E-state index in [9.17, 15) is 0 Å². The summed E-state index contributed by atoms with van der Waals surface area (Å²) in [4.78, 5) is 0. The zero-order valence-corrected chi connectivity index (χ0v) is 11.0. The van der Waals surface area contributed by atoms with Gasteiger partial charge in [0.2, 0.25) is 0 Å². The maximum absolute atomic E-state index is 5.80. The lowest BCUT2D eigenvalue weighted by molar-refractivity contribution is 0.585. The van der Waals surface area contributed by atoms with Crippen LogP contribution in [0.1, 0.15) is 38.5 Å². The molecule has 0 amide bonds. The smallest absolute Gasteiger partial charge is 0.0504 e. The molecule has 2 atom stereocenters. The number of nitrogens with two attached hydrogens (primary N) is 2. The molecule has 4 N–H and O–H groups in total. The van der Waals surface area contributed by atoms with E-state index >= 15 is 0 Å². The van der Waals surface area contributed by atoms with Crippen LogP contribution < -0.4 is 11.5 Å². The fourth-order valence-electron chi connectivity index (χ4n) is 1.28. The van der Waals surface area contributed by atoms with Crippen LogP contribution in [0.25, 0.3) is 0 Å². The molecule has 0 fully saturated rings. The van der Waals surface area contributed by atoms with Gasteiger partial charge in [-0.1, -0.05) is 25.7 Å². The average Bonchev–Trinajstić information content (AvgIpc) is 2.22. The van der Waals surface area contributed by atoms with Crippen molar-refractivity contribution in [2.75, 3.05) is 12.5 Å². The monoisotopic (exact) mass is 236 g/mol. The van der Waals surface area contributed by atoms with Gasteiger partial charge in [0.05, 0.1) is 10.7 Å². The van der Waals surface area contributed by atoms with E-state index in [1.165, 1.54) is 25.7 Å². The Kier molecular flexibility index (Phi) is 10.6. The minimum Gasteiger partial charge on any atom is -0.319 e. The number of rotatable bonds is 9. The van der Waals surface area contributed by atoms with Gasteiger partial charge in [0, 0.05) is 0 Å². The molecule has 86 valence electrons. The van der Waals surface area contributed by atoms with Gasteiger partial charge in [-0.15, -0.1) is 23.5 Å². The lowest BCUT2D eigenvalue weighted by Crippen LogP contribution is -2.14. The van der Waals surface area contributed by atoms with Crippen LogP contribution in [0, 0.1) is 0 Å². The van der Waals surface area contributed by atoms with Crippen LogP contribution in [0.4, 0.5) is 0 Å². The molecule has 4 heteroatoms. The van der Waals surface area contributed by atoms with Gasteiger partial charge < -0.3 is 11.5 Å². The second-order valence-corrected chi connectivity index (χ2v) is 5.69. The first-order chi connectivity index (χ1) is 6.70. The van der Waals surface area contributed by atoms with Crippen LogP contribution >= 0.6 is 23.5 Å². The van der Waals surface area contributed by atoms with Crippen LogP contribution in [-0.4, -0.2) is 23.3 Å². The van der Waals surface area contributed by atoms with Crippen molar-refractivity contribution in [2.45, 2.75) is 49.3 Å². The summed E-state index contributed by atoms with van der Waals surface area (Å²) in [5.41, 5.74) is 11.6. The summed E-state index contributed by atoms with van der Waals surface area (Å²) < 4.78 is 0. The summed E-state index contributed by atoms with van der Waals surface area (Å²) in [5, 5.41) is 0.673. The highest BCUT2D eigenvalue weighted by atomic mass is 32.2. The van der Waals surface area contributed by atoms with Gasteiger partial charge in [-0.2, -0.15) is 0 Å². The molecule has 0 aliphatic rings. The Bertz CT molecular complexity index is 109.